The summed E-state index contributed by atoms with van der Waals surface area (Å²) in [4.78, 5) is 16.2. The first-order chi connectivity index (χ1) is 9.89. The summed E-state index contributed by atoms with van der Waals surface area (Å²) in [5, 5.41) is 13.4. The molecule has 1 aromatic carbocycles. The molecule has 0 aliphatic rings. The van der Waals surface area contributed by atoms with Gasteiger partial charge in [0.05, 0.1) is 0 Å². The number of hydrogen-bond acceptors (Lipinski definition) is 3. The van der Waals surface area contributed by atoms with Gasteiger partial charge in [0.1, 0.15) is 6.10 Å². The van der Waals surface area contributed by atoms with Gasteiger partial charge in [-0.3, -0.25) is 9.78 Å². The van der Waals surface area contributed by atoms with Gasteiger partial charge >= 0.3 is 0 Å². The van der Waals surface area contributed by atoms with Crippen LogP contribution in [0.25, 0.3) is 0 Å². The van der Waals surface area contributed by atoms with Crippen LogP contribution in [-0.2, 0) is 4.79 Å². The lowest BCUT2D eigenvalue weighted by molar-refractivity contribution is -0.123. The monoisotopic (exact) mass is 284 g/mol. The standard InChI is InChI=1S/C17H20N2O2/c1-17(2,3)16(21)19-14-9-10-18-11-13(14)15(20)12-7-5-4-6-8-12/h4-11,15,20H,1-3H3,(H,18,19,21)/t15-/m1/s1. The van der Waals surface area contributed by atoms with Crippen LogP contribution < -0.4 is 5.32 Å². The number of nitrogens with zero attached hydrogens (tertiary/aromatic N) is 1. The molecule has 0 radical (unpaired) electrons. The Labute approximate surface area is 124 Å². The highest BCUT2D eigenvalue weighted by molar-refractivity contribution is 5.95. The van der Waals surface area contributed by atoms with Crippen molar-refractivity contribution in [2.75, 3.05) is 5.32 Å². The van der Waals surface area contributed by atoms with Crippen LogP contribution in [0, 0.1) is 5.41 Å². The van der Waals surface area contributed by atoms with E-state index in [0.717, 1.165) is 5.56 Å². The van der Waals surface area contributed by atoms with E-state index in [1.54, 1.807) is 18.5 Å². The van der Waals surface area contributed by atoms with Crippen molar-refractivity contribution in [1.29, 1.82) is 0 Å². The first-order valence-electron chi connectivity index (χ1n) is 6.88. The van der Waals surface area contributed by atoms with Crippen molar-refractivity contribution >= 4 is 11.6 Å². The topological polar surface area (TPSA) is 62.2 Å². The molecular weight excluding hydrogens is 264 g/mol. The van der Waals surface area contributed by atoms with Gasteiger partial charge in [0.25, 0.3) is 0 Å². The molecule has 0 aliphatic heterocycles. The number of pyridine rings is 1. The molecule has 0 saturated heterocycles. The van der Waals surface area contributed by atoms with Crippen LogP contribution in [0.4, 0.5) is 5.69 Å². The van der Waals surface area contributed by atoms with E-state index < -0.39 is 11.5 Å². The Morgan fingerprint density at radius 3 is 2.48 bits per heavy atom. The zero-order chi connectivity index (χ0) is 15.5. The molecule has 0 unspecified atom stereocenters. The largest absolute Gasteiger partial charge is 0.384 e. The lowest BCUT2D eigenvalue weighted by Crippen LogP contribution is -2.28. The SMILES string of the molecule is CC(C)(C)C(=O)Nc1ccncc1[C@H](O)c1ccccc1. The molecule has 0 saturated carbocycles. The van der Waals surface area contributed by atoms with Crippen molar-refractivity contribution in [3.05, 3.63) is 59.9 Å². The normalized spacial score (nSPS) is 12.8. The molecule has 4 nitrogen and oxygen atoms in total. The number of aromatic nitrogens is 1. The van der Waals surface area contributed by atoms with Crippen LogP contribution in [0.2, 0.25) is 0 Å². The molecule has 2 N–H and O–H groups in total. The zero-order valence-electron chi connectivity index (χ0n) is 12.5. The summed E-state index contributed by atoms with van der Waals surface area (Å²) >= 11 is 0. The highest BCUT2D eigenvalue weighted by Gasteiger charge is 2.23. The fraction of sp³-hybridized carbons (Fsp3) is 0.294. The molecule has 1 atom stereocenters. The van der Waals surface area contributed by atoms with Gasteiger partial charge in [0.2, 0.25) is 5.91 Å². The van der Waals surface area contributed by atoms with Gasteiger partial charge in [-0.2, -0.15) is 0 Å². The van der Waals surface area contributed by atoms with Crippen LogP contribution in [0.1, 0.15) is 38.0 Å². The number of benzene rings is 1. The molecule has 110 valence electrons. The summed E-state index contributed by atoms with van der Waals surface area (Å²) in [6.07, 6.45) is 2.35. The van der Waals surface area contributed by atoms with Gasteiger partial charge in [-0.05, 0) is 11.6 Å². The van der Waals surface area contributed by atoms with E-state index in [0.29, 0.717) is 11.3 Å². The first kappa shape index (κ1) is 15.2. The molecule has 4 heteroatoms. The fourth-order valence-corrected chi connectivity index (χ4v) is 1.86. The Morgan fingerprint density at radius 2 is 1.86 bits per heavy atom. The van der Waals surface area contributed by atoms with Gasteiger partial charge in [-0.25, -0.2) is 0 Å². The predicted octanol–water partition coefficient (Wildman–Crippen LogP) is 3.15. The van der Waals surface area contributed by atoms with E-state index in [9.17, 15) is 9.90 Å². The van der Waals surface area contributed by atoms with E-state index >= 15 is 0 Å². The van der Waals surface area contributed by atoms with Gasteiger partial charge in [-0.15, -0.1) is 0 Å². The van der Waals surface area contributed by atoms with Gasteiger partial charge in [-0.1, -0.05) is 51.1 Å². The predicted molar refractivity (Wildman–Crippen MR) is 82.8 cm³/mol. The molecule has 2 rings (SSSR count). The molecule has 0 bridgehead atoms. The highest BCUT2D eigenvalue weighted by atomic mass is 16.3. The summed E-state index contributed by atoms with van der Waals surface area (Å²) in [7, 11) is 0. The molecule has 0 fully saturated rings. The zero-order valence-corrected chi connectivity index (χ0v) is 12.5. The number of hydrogen-bond donors (Lipinski definition) is 2. The maximum atomic E-state index is 12.1. The summed E-state index contributed by atoms with van der Waals surface area (Å²) < 4.78 is 0. The van der Waals surface area contributed by atoms with Gasteiger partial charge in [0, 0.05) is 29.1 Å². The second kappa shape index (κ2) is 6.06. The minimum atomic E-state index is -0.824. The summed E-state index contributed by atoms with van der Waals surface area (Å²) in [5.41, 5.74) is 1.43. The lowest BCUT2D eigenvalue weighted by Gasteiger charge is -2.21. The Kier molecular flexibility index (Phi) is 4.38. The highest BCUT2D eigenvalue weighted by Crippen LogP contribution is 2.28. The van der Waals surface area contributed by atoms with Crippen molar-refractivity contribution in [2.24, 2.45) is 5.41 Å². The molecule has 2 aromatic rings. The maximum Gasteiger partial charge on any atom is 0.229 e. The average molecular weight is 284 g/mol. The van der Waals surface area contributed by atoms with E-state index in [1.165, 1.54) is 0 Å². The van der Waals surface area contributed by atoms with E-state index in [1.807, 2.05) is 51.1 Å². The number of nitrogens with one attached hydrogen (secondary N) is 1. The molecular formula is C17H20N2O2. The van der Waals surface area contributed by atoms with E-state index in [-0.39, 0.29) is 5.91 Å². The second-order valence-corrected chi connectivity index (χ2v) is 5.98. The summed E-state index contributed by atoms with van der Waals surface area (Å²) in [5.74, 6) is -0.102. The molecule has 0 spiro atoms. The van der Waals surface area contributed by atoms with E-state index in [4.69, 9.17) is 0 Å². The fourth-order valence-electron chi connectivity index (χ4n) is 1.86. The average Bonchev–Trinajstić information content (AvgIpc) is 2.47. The Balaban J connectivity index is 2.31. The summed E-state index contributed by atoms with van der Waals surface area (Å²) in [6.45, 7) is 5.53. The first-order valence-corrected chi connectivity index (χ1v) is 6.88. The van der Waals surface area contributed by atoms with Crippen LogP contribution >= 0.6 is 0 Å². The third-order valence-corrected chi connectivity index (χ3v) is 3.19. The van der Waals surface area contributed by atoms with E-state index in [2.05, 4.69) is 10.3 Å². The number of anilines is 1. The van der Waals surface area contributed by atoms with Crippen LogP contribution in [-0.4, -0.2) is 16.0 Å². The van der Waals surface area contributed by atoms with Gasteiger partial charge < -0.3 is 10.4 Å². The number of aliphatic hydroxyl groups excluding tert-OH is 1. The molecule has 0 aliphatic carbocycles. The molecule has 1 aromatic heterocycles. The van der Waals surface area contributed by atoms with Crippen molar-refractivity contribution in [2.45, 2.75) is 26.9 Å². The molecule has 21 heavy (non-hydrogen) atoms. The number of rotatable bonds is 3. The lowest BCUT2D eigenvalue weighted by atomic mass is 9.95. The number of amides is 1. The molecule has 1 heterocycles. The molecule has 1 amide bonds. The smallest absolute Gasteiger partial charge is 0.229 e. The minimum Gasteiger partial charge on any atom is -0.384 e. The Morgan fingerprint density at radius 1 is 1.19 bits per heavy atom. The van der Waals surface area contributed by atoms with Crippen LogP contribution in [0.15, 0.2) is 48.8 Å². The van der Waals surface area contributed by atoms with Crippen molar-refractivity contribution in [3.63, 3.8) is 0 Å². The van der Waals surface area contributed by atoms with Crippen LogP contribution in [0.3, 0.4) is 0 Å². The van der Waals surface area contributed by atoms with Crippen LogP contribution in [0.5, 0.6) is 0 Å². The quantitative estimate of drug-likeness (QED) is 0.910. The van der Waals surface area contributed by atoms with Gasteiger partial charge in [0.15, 0.2) is 0 Å². The Hall–Kier alpha value is -2.20. The second-order valence-electron chi connectivity index (χ2n) is 5.98. The number of aliphatic hydroxyl groups is 1. The van der Waals surface area contributed by atoms with Crippen molar-refractivity contribution in [3.8, 4) is 0 Å². The Bertz CT molecular complexity index is 618. The van der Waals surface area contributed by atoms with Crippen molar-refractivity contribution in [1.82, 2.24) is 4.98 Å². The maximum absolute atomic E-state index is 12.1. The third kappa shape index (κ3) is 3.67. The number of carbonyl (C=O) groups excluding carboxylic acids is 1. The number of carbonyl (C=O) groups is 1. The summed E-state index contributed by atoms with van der Waals surface area (Å²) in [6, 6.07) is 11.0. The third-order valence-electron chi connectivity index (χ3n) is 3.19. The minimum absolute atomic E-state index is 0.102. The van der Waals surface area contributed by atoms with Crippen molar-refractivity contribution < 1.29 is 9.90 Å².